The van der Waals surface area contributed by atoms with Crippen LogP contribution in [0.3, 0.4) is 0 Å². The number of ketones is 1. The number of phenolic OH excluding ortho intramolecular Hbond substituents is 1. The van der Waals surface area contributed by atoms with Crippen molar-refractivity contribution < 1.29 is 9.90 Å². The number of hydrogen-bond acceptors (Lipinski definition) is 3. The Morgan fingerprint density at radius 2 is 2.23 bits per heavy atom. The third-order valence-corrected chi connectivity index (χ3v) is 1.86. The van der Waals surface area contributed by atoms with Crippen LogP contribution in [0, 0.1) is 0 Å². The summed E-state index contributed by atoms with van der Waals surface area (Å²) < 4.78 is 0. The monoisotopic (exact) mass is 179 g/mol. The molecule has 0 bridgehead atoms. The van der Waals surface area contributed by atoms with Crippen molar-refractivity contribution in [3.8, 4) is 5.75 Å². The number of aryl methyl sites for hydroxylation is 1. The first-order valence-electron chi connectivity index (χ1n) is 4.16. The zero-order chi connectivity index (χ0) is 9.84. The highest BCUT2D eigenvalue weighted by Gasteiger charge is 2.00. The van der Waals surface area contributed by atoms with Gasteiger partial charge in [-0.3, -0.25) is 0 Å². The lowest BCUT2D eigenvalue weighted by atomic mass is 10.1. The zero-order valence-corrected chi connectivity index (χ0v) is 7.58. The zero-order valence-electron chi connectivity index (χ0n) is 7.58. The van der Waals surface area contributed by atoms with E-state index in [1.54, 1.807) is 19.1 Å². The van der Waals surface area contributed by atoms with Gasteiger partial charge in [-0.15, -0.1) is 0 Å². The van der Waals surface area contributed by atoms with Crippen LogP contribution in [0.1, 0.15) is 18.9 Å². The first-order chi connectivity index (χ1) is 6.09. The summed E-state index contributed by atoms with van der Waals surface area (Å²) in [5, 5.41) is 9.26. The van der Waals surface area contributed by atoms with Crippen LogP contribution in [-0.2, 0) is 11.2 Å². The predicted octanol–water partition coefficient (Wildman–Crippen LogP) is 1.50. The lowest BCUT2D eigenvalue weighted by Crippen LogP contribution is -1.94. The number of hydrogen-bond donors (Lipinski definition) is 2. The largest absolute Gasteiger partial charge is 0.506 e. The minimum absolute atomic E-state index is 0.0843. The second-order valence-corrected chi connectivity index (χ2v) is 3.10. The van der Waals surface area contributed by atoms with Crippen molar-refractivity contribution in [1.29, 1.82) is 0 Å². The molecule has 0 radical (unpaired) electrons. The van der Waals surface area contributed by atoms with E-state index in [-0.39, 0.29) is 11.5 Å². The molecule has 0 saturated carbocycles. The summed E-state index contributed by atoms with van der Waals surface area (Å²) in [4.78, 5) is 10.7. The van der Waals surface area contributed by atoms with Crippen LogP contribution in [0.2, 0.25) is 0 Å². The molecule has 13 heavy (non-hydrogen) atoms. The van der Waals surface area contributed by atoms with Crippen molar-refractivity contribution in [2.24, 2.45) is 0 Å². The summed E-state index contributed by atoms with van der Waals surface area (Å²) in [5.74, 6) is 0.234. The lowest BCUT2D eigenvalue weighted by molar-refractivity contribution is -0.116. The fraction of sp³-hybridized carbons (Fsp3) is 0.300. The Kier molecular flexibility index (Phi) is 2.90. The third-order valence-electron chi connectivity index (χ3n) is 1.86. The van der Waals surface area contributed by atoms with Crippen LogP contribution in [0.5, 0.6) is 5.75 Å². The minimum Gasteiger partial charge on any atom is -0.506 e. The van der Waals surface area contributed by atoms with Crippen LogP contribution in [0.4, 0.5) is 5.69 Å². The Morgan fingerprint density at radius 1 is 1.54 bits per heavy atom. The van der Waals surface area contributed by atoms with E-state index in [9.17, 15) is 9.90 Å². The molecule has 0 aliphatic carbocycles. The maximum absolute atomic E-state index is 10.7. The average Bonchev–Trinajstić information content (AvgIpc) is 2.07. The molecular weight excluding hydrogens is 166 g/mol. The number of aromatic hydroxyl groups is 1. The van der Waals surface area contributed by atoms with E-state index < -0.39 is 0 Å². The molecule has 3 heteroatoms. The van der Waals surface area contributed by atoms with Gasteiger partial charge in [0.05, 0.1) is 5.69 Å². The van der Waals surface area contributed by atoms with E-state index in [4.69, 9.17) is 5.73 Å². The SMILES string of the molecule is CC(=O)CCc1ccc(N)c(O)c1. The van der Waals surface area contributed by atoms with E-state index >= 15 is 0 Å². The van der Waals surface area contributed by atoms with Crippen molar-refractivity contribution in [3.63, 3.8) is 0 Å². The highest BCUT2D eigenvalue weighted by Crippen LogP contribution is 2.21. The number of nitrogens with two attached hydrogens (primary N) is 1. The van der Waals surface area contributed by atoms with E-state index in [1.807, 2.05) is 6.07 Å². The molecule has 3 N–H and O–H groups in total. The smallest absolute Gasteiger partial charge is 0.138 e. The van der Waals surface area contributed by atoms with Gasteiger partial charge >= 0.3 is 0 Å². The van der Waals surface area contributed by atoms with Gasteiger partial charge < -0.3 is 15.6 Å². The number of nitrogen functional groups attached to an aromatic ring is 1. The Morgan fingerprint density at radius 3 is 2.77 bits per heavy atom. The van der Waals surface area contributed by atoms with Crippen molar-refractivity contribution in [3.05, 3.63) is 23.8 Å². The van der Waals surface area contributed by atoms with Crippen LogP contribution in [-0.4, -0.2) is 10.9 Å². The summed E-state index contributed by atoms with van der Waals surface area (Å²) in [5.41, 5.74) is 6.73. The molecule has 0 aromatic heterocycles. The fourth-order valence-corrected chi connectivity index (χ4v) is 1.07. The molecular formula is C10H13NO2. The molecule has 0 fully saturated rings. The predicted molar refractivity (Wildman–Crippen MR) is 51.5 cm³/mol. The van der Waals surface area contributed by atoms with E-state index in [1.165, 1.54) is 0 Å². The summed E-state index contributed by atoms with van der Waals surface area (Å²) in [6.45, 7) is 1.55. The highest BCUT2D eigenvalue weighted by atomic mass is 16.3. The van der Waals surface area contributed by atoms with Gasteiger partial charge in [-0.1, -0.05) is 6.07 Å². The Hall–Kier alpha value is -1.51. The van der Waals surface area contributed by atoms with Gasteiger partial charge in [0.25, 0.3) is 0 Å². The summed E-state index contributed by atoms with van der Waals surface area (Å²) >= 11 is 0. The van der Waals surface area contributed by atoms with Crippen molar-refractivity contribution >= 4 is 11.5 Å². The van der Waals surface area contributed by atoms with Crippen LogP contribution < -0.4 is 5.73 Å². The third kappa shape index (κ3) is 2.78. The number of carbonyl (C=O) groups is 1. The molecule has 0 saturated heterocycles. The Labute approximate surface area is 77.2 Å². The molecule has 0 amide bonds. The molecule has 0 aliphatic heterocycles. The fourth-order valence-electron chi connectivity index (χ4n) is 1.07. The first-order valence-corrected chi connectivity index (χ1v) is 4.16. The molecule has 0 aliphatic rings. The number of benzene rings is 1. The Balaban J connectivity index is 2.68. The number of carbonyl (C=O) groups excluding carboxylic acids is 1. The van der Waals surface area contributed by atoms with Crippen LogP contribution >= 0.6 is 0 Å². The first kappa shape index (κ1) is 9.58. The maximum Gasteiger partial charge on any atom is 0.138 e. The topological polar surface area (TPSA) is 63.3 Å². The van der Waals surface area contributed by atoms with Gasteiger partial charge in [0, 0.05) is 6.42 Å². The highest BCUT2D eigenvalue weighted by molar-refractivity contribution is 5.75. The van der Waals surface area contributed by atoms with Crippen molar-refractivity contribution in [1.82, 2.24) is 0 Å². The van der Waals surface area contributed by atoms with E-state index in [2.05, 4.69) is 0 Å². The second-order valence-electron chi connectivity index (χ2n) is 3.10. The number of anilines is 1. The molecule has 0 unspecified atom stereocenters. The summed E-state index contributed by atoms with van der Waals surface area (Å²) in [6.07, 6.45) is 1.16. The second kappa shape index (κ2) is 3.94. The molecule has 0 spiro atoms. The Bertz CT molecular complexity index is 321. The van der Waals surface area contributed by atoms with E-state index in [0.29, 0.717) is 18.5 Å². The molecule has 0 atom stereocenters. The number of Topliss-reactive ketones (excluding diaryl/α,β-unsaturated/α-hetero) is 1. The standard InChI is InChI=1S/C10H13NO2/c1-7(12)2-3-8-4-5-9(11)10(13)6-8/h4-6,13H,2-3,11H2,1H3. The minimum atomic E-state index is 0.0843. The number of phenols is 1. The molecule has 1 aromatic carbocycles. The van der Waals surface area contributed by atoms with Crippen LogP contribution in [0.25, 0.3) is 0 Å². The summed E-state index contributed by atoms with van der Waals surface area (Å²) in [7, 11) is 0. The lowest BCUT2D eigenvalue weighted by Gasteiger charge is -2.02. The normalized spacial score (nSPS) is 9.92. The van der Waals surface area contributed by atoms with Gasteiger partial charge in [-0.2, -0.15) is 0 Å². The molecule has 70 valence electrons. The van der Waals surface area contributed by atoms with Crippen molar-refractivity contribution in [2.45, 2.75) is 19.8 Å². The van der Waals surface area contributed by atoms with Gasteiger partial charge in [-0.05, 0) is 31.0 Å². The van der Waals surface area contributed by atoms with Gasteiger partial charge in [0.2, 0.25) is 0 Å². The molecule has 1 aromatic rings. The van der Waals surface area contributed by atoms with Crippen molar-refractivity contribution in [2.75, 3.05) is 5.73 Å². The van der Waals surface area contributed by atoms with Gasteiger partial charge in [-0.25, -0.2) is 0 Å². The number of rotatable bonds is 3. The molecule has 3 nitrogen and oxygen atoms in total. The maximum atomic E-state index is 10.7. The molecule has 1 rings (SSSR count). The van der Waals surface area contributed by atoms with Crippen LogP contribution in [0.15, 0.2) is 18.2 Å². The quantitative estimate of drug-likeness (QED) is 0.546. The van der Waals surface area contributed by atoms with Gasteiger partial charge in [0.1, 0.15) is 11.5 Å². The summed E-state index contributed by atoms with van der Waals surface area (Å²) in [6, 6.07) is 5.06. The average molecular weight is 179 g/mol. The van der Waals surface area contributed by atoms with E-state index in [0.717, 1.165) is 5.56 Å². The van der Waals surface area contributed by atoms with Gasteiger partial charge in [0.15, 0.2) is 0 Å². The molecule has 0 heterocycles.